The second-order valence-corrected chi connectivity index (χ2v) is 3.89. The van der Waals surface area contributed by atoms with Crippen LogP contribution >= 0.6 is 0 Å². The summed E-state index contributed by atoms with van der Waals surface area (Å²) in [6.07, 6.45) is 0. The smallest absolute Gasteiger partial charge is 0.338 e. The number of H-pyrrole nitrogens is 1. The number of nitrogens with one attached hydrogen (secondary N) is 1. The molecule has 0 radical (unpaired) electrons. The average molecular weight is 241 g/mol. The number of aromatic amines is 1. The van der Waals surface area contributed by atoms with Crippen molar-refractivity contribution in [2.45, 2.75) is 7.43 Å². The van der Waals surface area contributed by atoms with Crippen LogP contribution in [0.3, 0.4) is 0 Å². The summed E-state index contributed by atoms with van der Waals surface area (Å²) in [4.78, 5) is 15.0. The lowest BCUT2D eigenvalue weighted by Gasteiger charge is -2.01. The van der Waals surface area contributed by atoms with E-state index in [4.69, 9.17) is 4.74 Å². The molecule has 3 nitrogen and oxygen atoms in total. The molecular formula is C15H15NO2. The molecule has 0 unspecified atom stereocenters. The molecular weight excluding hydrogens is 226 g/mol. The minimum absolute atomic E-state index is 0. The van der Waals surface area contributed by atoms with Crippen LogP contribution in [0, 0.1) is 0 Å². The van der Waals surface area contributed by atoms with Gasteiger partial charge in [0, 0.05) is 21.8 Å². The number of aromatic nitrogens is 1. The molecule has 0 spiro atoms. The average Bonchev–Trinajstić information content (AvgIpc) is 2.76. The van der Waals surface area contributed by atoms with Gasteiger partial charge in [-0.15, -0.1) is 0 Å². The van der Waals surface area contributed by atoms with Crippen LogP contribution in [0.4, 0.5) is 0 Å². The molecule has 0 fully saturated rings. The van der Waals surface area contributed by atoms with Crippen molar-refractivity contribution in [2.75, 3.05) is 7.11 Å². The van der Waals surface area contributed by atoms with Crippen LogP contribution in [0.5, 0.6) is 0 Å². The van der Waals surface area contributed by atoms with Gasteiger partial charge in [-0.2, -0.15) is 0 Å². The van der Waals surface area contributed by atoms with Crippen LogP contribution in [-0.4, -0.2) is 18.1 Å². The highest BCUT2D eigenvalue weighted by molar-refractivity contribution is 6.16. The number of benzene rings is 2. The normalized spacial score (nSPS) is 10.3. The Balaban J connectivity index is 0.00000120. The Morgan fingerprint density at radius 3 is 2.56 bits per heavy atom. The molecule has 3 heteroatoms. The van der Waals surface area contributed by atoms with Gasteiger partial charge in [-0.1, -0.05) is 31.7 Å². The maximum Gasteiger partial charge on any atom is 0.338 e. The fraction of sp³-hybridized carbons (Fsp3) is 0.133. The molecule has 0 aliphatic carbocycles. The molecule has 0 bridgehead atoms. The lowest BCUT2D eigenvalue weighted by Crippen LogP contribution is -2.01. The number of methoxy groups -OCH3 is 1. The van der Waals surface area contributed by atoms with Gasteiger partial charge in [-0.3, -0.25) is 0 Å². The lowest BCUT2D eigenvalue weighted by atomic mass is 10.1. The molecule has 0 aliphatic heterocycles. The predicted molar refractivity (Wildman–Crippen MR) is 73.9 cm³/mol. The van der Waals surface area contributed by atoms with E-state index >= 15 is 0 Å². The van der Waals surface area contributed by atoms with Crippen LogP contribution in [0.1, 0.15) is 17.8 Å². The maximum absolute atomic E-state index is 11.7. The third kappa shape index (κ3) is 1.64. The van der Waals surface area contributed by atoms with Crippen LogP contribution in [0.25, 0.3) is 21.8 Å². The van der Waals surface area contributed by atoms with Gasteiger partial charge in [0.05, 0.1) is 12.7 Å². The Morgan fingerprint density at radius 2 is 1.78 bits per heavy atom. The quantitative estimate of drug-likeness (QED) is 0.659. The van der Waals surface area contributed by atoms with Gasteiger partial charge >= 0.3 is 5.97 Å². The first-order valence-corrected chi connectivity index (χ1v) is 5.39. The summed E-state index contributed by atoms with van der Waals surface area (Å²) in [5, 5.41) is 1.97. The van der Waals surface area contributed by atoms with Crippen molar-refractivity contribution in [1.82, 2.24) is 4.98 Å². The van der Waals surface area contributed by atoms with E-state index in [1.54, 1.807) is 6.07 Å². The third-order valence-electron chi connectivity index (χ3n) is 2.94. The summed E-state index contributed by atoms with van der Waals surface area (Å²) in [5.41, 5.74) is 2.58. The molecule has 0 atom stereocenters. The minimum Gasteiger partial charge on any atom is -0.465 e. The first-order valence-electron chi connectivity index (χ1n) is 5.39. The van der Waals surface area contributed by atoms with Crippen LogP contribution in [0.2, 0.25) is 0 Å². The molecule has 2 aromatic carbocycles. The van der Waals surface area contributed by atoms with Crippen molar-refractivity contribution >= 4 is 27.8 Å². The highest BCUT2D eigenvalue weighted by Gasteiger charge is 2.13. The van der Waals surface area contributed by atoms with Gasteiger partial charge in [0.1, 0.15) is 0 Å². The number of fused-ring (bicyclic) bond motifs is 3. The second kappa shape index (κ2) is 4.53. The topological polar surface area (TPSA) is 42.1 Å². The zero-order chi connectivity index (χ0) is 11.8. The summed E-state index contributed by atoms with van der Waals surface area (Å²) in [6.45, 7) is 0. The van der Waals surface area contributed by atoms with E-state index in [2.05, 4.69) is 4.98 Å². The number of para-hydroxylation sites is 1. The summed E-state index contributed by atoms with van der Waals surface area (Å²) < 4.78 is 4.81. The van der Waals surface area contributed by atoms with Crippen LogP contribution in [-0.2, 0) is 4.74 Å². The first kappa shape index (κ1) is 12.2. The van der Waals surface area contributed by atoms with Crippen LogP contribution in [0.15, 0.2) is 42.5 Å². The molecule has 1 heterocycles. The van der Waals surface area contributed by atoms with Gasteiger partial charge in [0.2, 0.25) is 0 Å². The predicted octanol–water partition coefficient (Wildman–Crippen LogP) is 3.74. The first-order chi connectivity index (χ1) is 8.31. The molecule has 3 aromatic rings. The third-order valence-corrected chi connectivity index (χ3v) is 2.94. The van der Waals surface area contributed by atoms with E-state index in [-0.39, 0.29) is 13.4 Å². The monoisotopic (exact) mass is 241 g/mol. The van der Waals surface area contributed by atoms with E-state index in [0.29, 0.717) is 5.56 Å². The summed E-state index contributed by atoms with van der Waals surface area (Å²) in [5.74, 6) is -0.305. The number of rotatable bonds is 1. The highest BCUT2D eigenvalue weighted by Crippen LogP contribution is 2.28. The van der Waals surface area contributed by atoms with E-state index < -0.39 is 0 Å². The lowest BCUT2D eigenvalue weighted by molar-refractivity contribution is 0.0603. The number of carbonyl (C=O) groups excluding carboxylic acids is 1. The fourth-order valence-electron chi connectivity index (χ4n) is 2.18. The Bertz CT molecular complexity index is 713. The van der Waals surface area contributed by atoms with Crippen molar-refractivity contribution in [3.63, 3.8) is 0 Å². The largest absolute Gasteiger partial charge is 0.465 e. The maximum atomic E-state index is 11.7. The van der Waals surface area contributed by atoms with Crippen molar-refractivity contribution < 1.29 is 9.53 Å². The minimum atomic E-state index is -0.305. The highest BCUT2D eigenvalue weighted by atomic mass is 16.5. The number of hydrogen-bond acceptors (Lipinski definition) is 2. The van der Waals surface area contributed by atoms with Crippen molar-refractivity contribution in [3.05, 3.63) is 48.0 Å². The molecule has 3 rings (SSSR count). The van der Waals surface area contributed by atoms with Gasteiger partial charge < -0.3 is 9.72 Å². The standard InChI is InChI=1S/C14H11NO2.CH4/c1-17-14(16)10-6-4-8-12-13(10)9-5-2-3-7-11(9)15-12;/h2-8,15H,1H3;1H4. The number of ether oxygens (including phenoxy) is 1. The van der Waals surface area contributed by atoms with Crippen molar-refractivity contribution in [1.29, 1.82) is 0 Å². The molecule has 0 amide bonds. The molecule has 1 aromatic heterocycles. The van der Waals surface area contributed by atoms with Gasteiger partial charge in [-0.25, -0.2) is 4.79 Å². The fourth-order valence-corrected chi connectivity index (χ4v) is 2.18. The van der Waals surface area contributed by atoms with E-state index in [0.717, 1.165) is 21.8 Å². The zero-order valence-corrected chi connectivity index (χ0v) is 9.36. The van der Waals surface area contributed by atoms with E-state index in [1.807, 2.05) is 36.4 Å². The Hall–Kier alpha value is -2.29. The van der Waals surface area contributed by atoms with E-state index in [1.165, 1.54) is 7.11 Å². The SMILES string of the molecule is C.COC(=O)c1cccc2[nH]c3ccccc3c12. The zero-order valence-electron chi connectivity index (χ0n) is 9.36. The van der Waals surface area contributed by atoms with Gasteiger partial charge in [0.15, 0.2) is 0 Å². The molecule has 1 N–H and O–H groups in total. The summed E-state index contributed by atoms with van der Waals surface area (Å²) >= 11 is 0. The number of hydrogen-bond donors (Lipinski definition) is 1. The number of carbonyl (C=O) groups is 1. The summed E-state index contributed by atoms with van der Waals surface area (Å²) in [7, 11) is 1.40. The Labute approximate surface area is 105 Å². The molecule has 18 heavy (non-hydrogen) atoms. The Kier molecular flexibility index (Phi) is 3.06. The second-order valence-electron chi connectivity index (χ2n) is 3.89. The molecule has 0 saturated carbocycles. The van der Waals surface area contributed by atoms with Crippen molar-refractivity contribution in [2.24, 2.45) is 0 Å². The molecule has 0 aliphatic rings. The van der Waals surface area contributed by atoms with Gasteiger partial charge in [0.25, 0.3) is 0 Å². The molecule has 92 valence electrons. The Morgan fingerprint density at radius 1 is 1.06 bits per heavy atom. The van der Waals surface area contributed by atoms with Crippen LogP contribution < -0.4 is 0 Å². The number of esters is 1. The summed E-state index contributed by atoms with van der Waals surface area (Å²) in [6, 6.07) is 13.5. The van der Waals surface area contributed by atoms with Crippen molar-refractivity contribution in [3.8, 4) is 0 Å². The van der Waals surface area contributed by atoms with Gasteiger partial charge in [-0.05, 0) is 18.2 Å². The van der Waals surface area contributed by atoms with E-state index in [9.17, 15) is 4.79 Å². The molecule has 0 saturated heterocycles.